The lowest BCUT2D eigenvalue weighted by atomic mass is 9.97. The molecule has 1 saturated carbocycles. The summed E-state index contributed by atoms with van der Waals surface area (Å²) in [6, 6.07) is 2.68. The first kappa shape index (κ1) is 21.6. The van der Waals surface area contributed by atoms with Gasteiger partial charge < -0.3 is 0 Å². The fourth-order valence-corrected chi connectivity index (χ4v) is 4.47. The van der Waals surface area contributed by atoms with Gasteiger partial charge in [-0.15, -0.1) is 0 Å². The van der Waals surface area contributed by atoms with Crippen molar-refractivity contribution in [3.05, 3.63) is 33.9 Å². The lowest BCUT2D eigenvalue weighted by Gasteiger charge is -2.12. The molecule has 0 bridgehead atoms. The Morgan fingerprint density at radius 1 is 1.28 bits per heavy atom. The SMILES string of the molecule is CS(=O)(=O)NCc1nc(NC(=O)Nc2ncccc2C(=O)C2CCCC2)sc1Cl. The number of carbonyl (C=O) groups is 2. The second kappa shape index (κ2) is 9.16. The highest BCUT2D eigenvalue weighted by Crippen LogP contribution is 2.30. The number of pyridine rings is 1. The summed E-state index contributed by atoms with van der Waals surface area (Å²) in [5, 5.41) is 5.30. The predicted molar refractivity (Wildman–Crippen MR) is 112 cm³/mol. The largest absolute Gasteiger partial charge is 0.326 e. The Morgan fingerprint density at radius 3 is 2.69 bits per heavy atom. The van der Waals surface area contributed by atoms with Gasteiger partial charge in [-0.05, 0) is 25.0 Å². The van der Waals surface area contributed by atoms with Gasteiger partial charge in [0, 0.05) is 12.1 Å². The van der Waals surface area contributed by atoms with Crippen molar-refractivity contribution >= 4 is 55.7 Å². The van der Waals surface area contributed by atoms with Crippen molar-refractivity contribution in [3.8, 4) is 0 Å². The van der Waals surface area contributed by atoms with E-state index in [0.717, 1.165) is 43.3 Å². The van der Waals surface area contributed by atoms with Crippen molar-refractivity contribution in [3.63, 3.8) is 0 Å². The Morgan fingerprint density at radius 2 is 2.00 bits per heavy atom. The number of sulfonamides is 1. The zero-order valence-corrected chi connectivity index (χ0v) is 18.0. The zero-order chi connectivity index (χ0) is 21.0. The van der Waals surface area contributed by atoms with Crippen LogP contribution in [-0.2, 0) is 16.6 Å². The van der Waals surface area contributed by atoms with Gasteiger partial charge in [0.2, 0.25) is 10.0 Å². The summed E-state index contributed by atoms with van der Waals surface area (Å²) in [6.07, 6.45) is 6.28. The van der Waals surface area contributed by atoms with Crippen molar-refractivity contribution in [2.24, 2.45) is 5.92 Å². The number of anilines is 2. The number of Topliss-reactive ketones (excluding diaryl/α,β-unsaturated/α-hetero) is 1. The summed E-state index contributed by atoms with van der Waals surface area (Å²) in [7, 11) is -3.40. The van der Waals surface area contributed by atoms with Crippen LogP contribution in [-0.4, -0.2) is 36.5 Å². The Hall–Kier alpha value is -2.08. The van der Waals surface area contributed by atoms with Gasteiger partial charge >= 0.3 is 6.03 Å². The van der Waals surface area contributed by atoms with Crippen LogP contribution < -0.4 is 15.4 Å². The van der Waals surface area contributed by atoms with E-state index in [4.69, 9.17) is 11.6 Å². The van der Waals surface area contributed by atoms with Crippen molar-refractivity contribution in [1.29, 1.82) is 0 Å². The van der Waals surface area contributed by atoms with Crippen LogP contribution in [0.5, 0.6) is 0 Å². The first-order valence-electron chi connectivity index (χ1n) is 8.90. The van der Waals surface area contributed by atoms with E-state index >= 15 is 0 Å². The number of nitrogens with one attached hydrogen (secondary N) is 3. The molecule has 0 unspecified atom stereocenters. The van der Waals surface area contributed by atoms with E-state index < -0.39 is 16.1 Å². The van der Waals surface area contributed by atoms with Crippen molar-refractivity contribution in [2.45, 2.75) is 32.2 Å². The quantitative estimate of drug-likeness (QED) is 0.547. The van der Waals surface area contributed by atoms with Gasteiger partial charge in [0.15, 0.2) is 10.9 Å². The summed E-state index contributed by atoms with van der Waals surface area (Å²) in [6.45, 7) is -0.0856. The number of amides is 2. The van der Waals surface area contributed by atoms with Gasteiger partial charge in [0.25, 0.3) is 0 Å². The Balaban J connectivity index is 1.66. The van der Waals surface area contributed by atoms with Crippen LogP contribution in [0.15, 0.2) is 18.3 Å². The Kier molecular flexibility index (Phi) is 6.83. The van der Waals surface area contributed by atoms with Crippen LogP contribution in [0.1, 0.15) is 41.7 Å². The van der Waals surface area contributed by atoms with Gasteiger partial charge in [0.1, 0.15) is 10.2 Å². The number of ketones is 1. The summed E-state index contributed by atoms with van der Waals surface area (Å²) in [5.74, 6) is 0.131. The molecule has 0 saturated heterocycles. The molecule has 1 fully saturated rings. The minimum atomic E-state index is -3.40. The predicted octanol–water partition coefficient (Wildman–Crippen LogP) is 3.26. The molecule has 0 radical (unpaired) electrons. The molecule has 0 spiro atoms. The number of urea groups is 1. The van der Waals surface area contributed by atoms with E-state index in [2.05, 4.69) is 25.3 Å². The molecule has 29 heavy (non-hydrogen) atoms. The van der Waals surface area contributed by atoms with E-state index in [1.807, 2.05) is 0 Å². The number of nitrogens with zero attached hydrogens (tertiary/aromatic N) is 2. The highest BCUT2D eigenvalue weighted by molar-refractivity contribution is 7.88. The van der Waals surface area contributed by atoms with Crippen LogP contribution in [0.3, 0.4) is 0 Å². The number of rotatable bonds is 7. The van der Waals surface area contributed by atoms with E-state index in [9.17, 15) is 18.0 Å². The van der Waals surface area contributed by atoms with Crippen LogP contribution in [0.4, 0.5) is 15.7 Å². The van der Waals surface area contributed by atoms with Crippen molar-refractivity contribution < 1.29 is 18.0 Å². The molecule has 1 aliphatic carbocycles. The first-order valence-corrected chi connectivity index (χ1v) is 12.0. The number of hydrogen-bond acceptors (Lipinski definition) is 7. The molecule has 3 rings (SSSR count). The maximum atomic E-state index is 12.7. The molecule has 156 valence electrons. The number of aromatic nitrogens is 2. The van der Waals surface area contributed by atoms with Gasteiger partial charge in [-0.3, -0.25) is 15.4 Å². The molecular formula is C17H20ClN5O4S2. The fraction of sp³-hybridized carbons (Fsp3) is 0.412. The molecule has 2 heterocycles. The molecule has 0 aliphatic heterocycles. The molecule has 0 aromatic carbocycles. The number of thiazole rings is 1. The highest BCUT2D eigenvalue weighted by Gasteiger charge is 2.26. The minimum Gasteiger partial charge on any atom is -0.294 e. The average molecular weight is 458 g/mol. The third kappa shape index (κ3) is 5.95. The number of carbonyl (C=O) groups excluding carboxylic acids is 2. The van der Waals surface area contributed by atoms with Crippen LogP contribution in [0.25, 0.3) is 0 Å². The molecule has 2 aromatic heterocycles. The van der Waals surface area contributed by atoms with Gasteiger partial charge in [0.05, 0.1) is 24.1 Å². The third-order valence-corrected chi connectivity index (χ3v) is 6.32. The Labute approximate surface area is 177 Å². The van der Waals surface area contributed by atoms with E-state index in [-0.39, 0.29) is 33.5 Å². The lowest BCUT2D eigenvalue weighted by Crippen LogP contribution is -2.23. The second-order valence-corrected chi connectivity index (χ2v) is 10.1. The average Bonchev–Trinajstić information content (AvgIpc) is 3.29. The summed E-state index contributed by atoms with van der Waals surface area (Å²) in [5.41, 5.74) is 0.678. The molecule has 1 aliphatic rings. The molecule has 0 atom stereocenters. The third-order valence-electron chi connectivity index (χ3n) is 4.40. The topological polar surface area (TPSA) is 130 Å². The van der Waals surface area contributed by atoms with E-state index in [1.165, 1.54) is 6.20 Å². The lowest BCUT2D eigenvalue weighted by molar-refractivity contribution is 0.0923. The van der Waals surface area contributed by atoms with Crippen LogP contribution in [0.2, 0.25) is 4.34 Å². The van der Waals surface area contributed by atoms with Crippen LogP contribution in [0, 0.1) is 5.92 Å². The van der Waals surface area contributed by atoms with Gasteiger partial charge in [-0.25, -0.2) is 27.9 Å². The van der Waals surface area contributed by atoms with Crippen molar-refractivity contribution in [2.75, 3.05) is 16.9 Å². The van der Waals surface area contributed by atoms with Gasteiger partial charge in [-0.1, -0.05) is 35.8 Å². The minimum absolute atomic E-state index is 0.0164. The molecule has 2 amide bonds. The monoisotopic (exact) mass is 457 g/mol. The highest BCUT2D eigenvalue weighted by atomic mass is 35.5. The summed E-state index contributed by atoms with van der Waals surface area (Å²) in [4.78, 5) is 33.3. The fourth-order valence-electron chi connectivity index (χ4n) is 3.04. The van der Waals surface area contributed by atoms with Crippen molar-refractivity contribution in [1.82, 2.24) is 14.7 Å². The smallest absolute Gasteiger partial charge is 0.294 e. The normalized spacial score (nSPS) is 14.7. The molecule has 9 nitrogen and oxygen atoms in total. The standard InChI is InChI=1S/C17H20ClN5O4S2/c1-29(26,27)20-9-12-14(18)28-17(21-12)23-16(25)22-15-11(7-4-8-19-15)13(24)10-5-2-3-6-10/h4,7-8,10,20H,2-3,5-6,9H2,1H3,(H2,19,21,22,23,25). The molecule has 3 N–H and O–H groups in total. The van der Waals surface area contributed by atoms with E-state index in [0.29, 0.717) is 11.3 Å². The summed E-state index contributed by atoms with van der Waals surface area (Å²) >= 11 is 7.04. The van der Waals surface area contributed by atoms with Crippen LogP contribution >= 0.6 is 22.9 Å². The second-order valence-electron chi connectivity index (χ2n) is 6.66. The molecular weight excluding hydrogens is 438 g/mol. The van der Waals surface area contributed by atoms with Gasteiger partial charge in [-0.2, -0.15) is 0 Å². The zero-order valence-electron chi connectivity index (χ0n) is 15.6. The number of hydrogen-bond donors (Lipinski definition) is 3. The Bertz CT molecular complexity index is 1020. The molecule has 12 heteroatoms. The maximum Gasteiger partial charge on any atom is 0.326 e. The molecule has 2 aromatic rings. The van der Waals surface area contributed by atoms with E-state index in [1.54, 1.807) is 12.1 Å². The maximum absolute atomic E-state index is 12.7. The number of halogens is 1. The summed E-state index contributed by atoms with van der Waals surface area (Å²) < 4.78 is 24.9. The first-order chi connectivity index (χ1) is 13.7.